The standard InChI is InChI=1S/C20H23BrClN3O4/c1-11(2)20(28)29-18-4-3-5-23-17(18)6-12(26)9-25-10-24-16-8-14(21)15(22)7-13(16)19(25)27/h7-8,10-11,17-18,23H,3-6,9H2,1-2H3/t17-,18+/m1/s1. The van der Waals surface area contributed by atoms with Crippen LogP contribution in [0.25, 0.3) is 10.9 Å². The molecule has 1 aromatic carbocycles. The van der Waals surface area contributed by atoms with Crippen LogP contribution in [0.5, 0.6) is 0 Å². The van der Waals surface area contributed by atoms with Gasteiger partial charge in [0.1, 0.15) is 6.10 Å². The minimum Gasteiger partial charge on any atom is -0.460 e. The maximum atomic E-state index is 12.7. The van der Waals surface area contributed by atoms with Crippen LogP contribution in [-0.4, -0.2) is 40.0 Å². The van der Waals surface area contributed by atoms with Gasteiger partial charge in [0.25, 0.3) is 5.56 Å². The molecule has 2 heterocycles. The van der Waals surface area contributed by atoms with Crippen molar-refractivity contribution in [2.24, 2.45) is 5.92 Å². The summed E-state index contributed by atoms with van der Waals surface area (Å²) in [5.74, 6) is -0.627. The molecule has 9 heteroatoms. The molecule has 7 nitrogen and oxygen atoms in total. The van der Waals surface area contributed by atoms with Crippen LogP contribution in [0.3, 0.4) is 0 Å². The first-order valence-corrected chi connectivity index (χ1v) is 10.7. The van der Waals surface area contributed by atoms with Gasteiger partial charge in [-0.05, 0) is 47.4 Å². The molecular weight excluding hydrogens is 462 g/mol. The number of piperidine rings is 1. The molecular formula is C20H23BrClN3O4. The summed E-state index contributed by atoms with van der Waals surface area (Å²) in [6.07, 6.45) is 2.79. The van der Waals surface area contributed by atoms with Gasteiger partial charge in [-0.3, -0.25) is 19.0 Å². The van der Waals surface area contributed by atoms with E-state index in [1.165, 1.54) is 10.9 Å². The van der Waals surface area contributed by atoms with Crippen molar-refractivity contribution in [1.82, 2.24) is 14.9 Å². The van der Waals surface area contributed by atoms with Gasteiger partial charge in [-0.25, -0.2) is 4.98 Å². The largest absolute Gasteiger partial charge is 0.460 e. The number of aromatic nitrogens is 2. The van der Waals surface area contributed by atoms with Crippen molar-refractivity contribution in [1.29, 1.82) is 0 Å². The average Bonchev–Trinajstić information content (AvgIpc) is 2.67. The number of benzene rings is 1. The van der Waals surface area contributed by atoms with E-state index in [4.69, 9.17) is 16.3 Å². The first-order valence-electron chi connectivity index (χ1n) is 9.56. The third-order valence-corrected chi connectivity index (χ3v) is 6.12. The van der Waals surface area contributed by atoms with Crippen LogP contribution < -0.4 is 10.9 Å². The van der Waals surface area contributed by atoms with E-state index in [-0.39, 0.29) is 48.3 Å². The molecule has 156 valence electrons. The molecule has 0 saturated carbocycles. The molecule has 0 bridgehead atoms. The van der Waals surface area contributed by atoms with E-state index in [9.17, 15) is 14.4 Å². The Hall–Kier alpha value is -1.77. The fourth-order valence-electron chi connectivity index (χ4n) is 3.32. The van der Waals surface area contributed by atoms with E-state index in [0.29, 0.717) is 26.8 Å². The fourth-order valence-corrected chi connectivity index (χ4v) is 3.81. The Bertz CT molecular complexity index is 992. The van der Waals surface area contributed by atoms with Gasteiger partial charge in [0.05, 0.1) is 40.8 Å². The zero-order valence-electron chi connectivity index (χ0n) is 16.3. The Balaban J connectivity index is 1.72. The number of halogens is 2. The van der Waals surface area contributed by atoms with Gasteiger partial charge >= 0.3 is 5.97 Å². The number of ketones is 1. The van der Waals surface area contributed by atoms with Gasteiger partial charge in [0, 0.05) is 10.9 Å². The minimum absolute atomic E-state index is 0.0987. The van der Waals surface area contributed by atoms with Gasteiger partial charge in [-0.15, -0.1) is 0 Å². The molecule has 0 unspecified atom stereocenters. The maximum Gasteiger partial charge on any atom is 0.308 e. The number of rotatable bonds is 6. The monoisotopic (exact) mass is 483 g/mol. The molecule has 0 amide bonds. The fraction of sp³-hybridized carbons (Fsp3) is 0.500. The van der Waals surface area contributed by atoms with Crippen LogP contribution in [-0.2, 0) is 20.9 Å². The molecule has 1 saturated heterocycles. The van der Waals surface area contributed by atoms with Gasteiger partial charge in [0.2, 0.25) is 0 Å². The third-order valence-electron chi connectivity index (χ3n) is 4.92. The highest BCUT2D eigenvalue weighted by molar-refractivity contribution is 9.10. The Labute approximate surface area is 181 Å². The summed E-state index contributed by atoms with van der Waals surface area (Å²) in [5, 5.41) is 4.02. The van der Waals surface area contributed by atoms with E-state index < -0.39 is 0 Å². The molecule has 0 radical (unpaired) electrons. The van der Waals surface area contributed by atoms with E-state index >= 15 is 0 Å². The van der Waals surface area contributed by atoms with Crippen LogP contribution in [0.15, 0.2) is 27.7 Å². The maximum absolute atomic E-state index is 12.7. The quantitative estimate of drug-likeness (QED) is 0.634. The topological polar surface area (TPSA) is 90.3 Å². The van der Waals surface area contributed by atoms with Crippen LogP contribution in [0.2, 0.25) is 5.02 Å². The van der Waals surface area contributed by atoms with Crippen molar-refractivity contribution in [3.05, 3.63) is 38.3 Å². The van der Waals surface area contributed by atoms with Crippen molar-refractivity contribution in [2.45, 2.75) is 51.8 Å². The number of Topliss-reactive ketones (excluding diaryl/α,β-unsaturated/α-hetero) is 1. The second-order valence-corrected chi connectivity index (χ2v) is 8.80. The third kappa shape index (κ3) is 5.24. The number of carbonyl (C=O) groups is 2. The molecule has 2 atom stereocenters. The summed E-state index contributed by atoms with van der Waals surface area (Å²) >= 11 is 9.40. The van der Waals surface area contributed by atoms with E-state index in [1.807, 2.05) is 0 Å². The van der Waals surface area contributed by atoms with Crippen LogP contribution in [0, 0.1) is 5.92 Å². The molecule has 3 rings (SSSR count). The lowest BCUT2D eigenvalue weighted by molar-refractivity contribution is -0.156. The SMILES string of the molecule is CC(C)C(=O)O[C@H]1CCCN[C@@H]1CC(=O)Cn1cnc2cc(Br)c(Cl)cc2c1=O. The second-order valence-electron chi connectivity index (χ2n) is 7.54. The van der Waals surface area contributed by atoms with Gasteiger partial charge in [-0.1, -0.05) is 25.4 Å². The zero-order valence-corrected chi connectivity index (χ0v) is 18.6. The number of hydrogen-bond acceptors (Lipinski definition) is 6. The number of carbonyl (C=O) groups excluding carboxylic acids is 2. The summed E-state index contributed by atoms with van der Waals surface area (Å²) in [6, 6.07) is 2.96. The summed E-state index contributed by atoms with van der Waals surface area (Å²) < 4.78 is 7.50. The van der Waals surface area contributed by atoms with Gasteiger partial charge in [0.15, 0.2) is 5.78 Å². The summed E-state index contributed by atoms with van der Waals surface area (Å²) in [5.41, 5.74) is 0.182. The smallest absolute Gasteiger partial charge is 0.308 e. The van der Waals surface area contributed by atoms with E-state index in [1.54, 1.807) is 26.0 Å². The summed E-state index contributed by atoms with van der Waals surface area (Å²) in [6.45, 7) is 4.22. The lowest BCUT2D eigenvalue weighted by Crippen LogP contribution is -2.48. The molecule has 1 aliphatic heterocycles. The highest BCUT2D eigenvalue weighted by atomic mass is 79.9. The van der Waals surface area contributed by atoms with E-state index in [0.717, 1.165) is 13.0 Å². The molecule has 0 aliphatic carbocycles. The normalized spacial score (nSPS) is 19.5. The number of hydrogen-bond donors (Lipinski definition) is 1. The van der Waals surface area contributed by atoms with Crippen molar-refractivity contribution < 1.29 is 14.3 Å². The Morgan fingerprint density at radius 3 is 2.90 bits per heavy atom. The zero-order chi connectivity index (χ0) is 21.1. The molecule has 1 aliphatic rings. The first-order chi connectivity index (χ1) is 13.8. The van der Waals surface area contributed by atoms with Crippen molar-refractivity contribution in [2.75, 3.05) is 6.54 Å². The molecule has 2 aromatic rings. The lowest BCUT2D eigenvalue weighted by Gasteiger charge is -2.32. The molecule has 1 N–H and O–H groups in total. The lowest BCUT2D eigenvalue weighted by atomic mass is 9.96. The number of ether oxygens (including phenoxy) is 1. The number of nitrogens with zero attached hydrogens (tertiary/aromatic N) is 2. The molecule has 1 fully saturated rings. The number of fused-ring (bicyclic) bond motifs is 1. The van der Waals surface area contributed by atoms with E-state index in [2.05, 4.69) is 26.2 Å². The van der Waals surface area contributed by atoms with Gasteiger partial charge in [-0.2, -0.15) is 0 Å². The Kier molecular flexibility index (Phi) is 7.08. The first kappa shape index (κ1) is 21.9. The highest BCUT2D eigenvalue weighted by Crippen LogP contribution is 2.25. The van der Waals surface area contributed by atoms with Gasteiger partial charge < -0.3 is 10.1 Å². The van der Waals surface area contributed by atoms with Crippen molar-refractivity contribution in [3.63, 3.8) is 0 Å². The van der Waals surface area contributed by atoms with Crippen LogP contribution in [0.4, 0.5) is 0 Å². The molecule has 0 spiro atoms. The summed E-state index contributed by atoms with van der Waals surface area (Å²) in [7, 11) is 0. The average molecular weight is 485 g/mol. The number of esters is 1. The van der Waals surface area contributed by atoms with Crippen molar-refractivity contribution in [3.8, 4) is 0 Å². The predicted molar refractivity (Wildman–Crippen MR) is 114 cm³/mol. The summed E-state index contributed by atoms with van der Waals surface area (Å²) in [4.78, 5) is 41.6. The van der Waals surface area contributed by atoms with Crippen LogP contribution >= 0.6 is 27.5 Å². The molecule has 29 heavy (non-hydrogen) atoms. The number of nitrogens with one attached hydrogen (secondary N) is 1. The highest BCUT2D eigenvalue weighted by Gasteiger charge is 2.30. The Morgan fingerprint density at radius 2 is 2.17 bits per heavy atom. The van der Waals surface area contributed by atoms with Crippen LogP contribution in [0.1, 0.15) is 33.1 Å². The molecule has 1 aromatic heterocycles. The minimum atomic E-state index is -0.342. The predicted octanol–water partition coefficient (Wildman–Crippen LogP) is 3.09. The van der Waals surface area contributed by atoms with Crippen molar-refractivity contribution >= 4 is 50.2 Å². The second kappa shape index (κ2) is 9.36. The Morgan fingerprint density at radius 1 is 1.41 bits per heavy atom.